The molecule has 0 aliphatic carbocycles. The summed E-state index contributed by atoms with van der Waals surface area (Å²) >= 11 is 7.90. The van der Waals surface area contributed by atoms with Gasteiger partial charge in [0.1, 0.15) is 5.75 Å². The molecule has 108 valence electrons. The number of hydrogen-bond donors (Lipinski definition) is 1. The Morgan fingerprint density at radius 3 is 2.62 bits per heavy atom. The van der Waals surface area contributed by atoms with E-state index >= 15 is 0 Å². The Bertz CT molecular complexity index is 672. The smallest absolute Gasteiger partial charge is 0.271 e. The second-order valence-corrected chi connectivity index (χ2v) is 5.70. The standard InChI is InChI=1S/C15H12ClIN2O2/c1-21-14-7-4-11(8-13(14)17)15(20)19-18-9-10-2-5-12(16)6-3-10/h2-9H,1H3,(H,19,20)/b18-9-. The molecule has 21 heavy (non-hydrogen) atoms. The molecule has 0 heterocycles. The van der Waals surface area contributed by atoms with Gasteiger partial charge in [0.15, 0.2) is 0 Å². The van der Waals surface area contributed by atoms with Crippen LogP contribution in [0.2, 0.25) is 5.02 Å². The molecule has 6 heteroatoms. The van der Waals surface area contributed by atoms with Crippen molar-refractivity contribution in [1.29, 1.82) is 0 Å². The van der Waals surface area contributed by atoms with Crippen molar-refractivity contribution in [1.82, 2.24) is 5.43 Å². The minimum Gasteiger partial charge on any atom is -0.496 e. The average molecular weight is 415 g/mol. The van der Waals surface area contributed by atoms with Gasteiger partial charge in [-0.2, -0.15) is 5.10 Å². The van der Waals surface area contributed by atoms with Gasteiger partial charge in [0.25, 0.3) is 5.91 Å². The summed E-state index contributed by atoms with van der Waals surface area (Å²) in [5.41, 5.74) is 3.85. The van der Waals surface area contributed by atoms with E-state index in [9.17, 15) is 4.79 Å². The molecule has 0 saturated carbocycles. The molecule has 0 saturated heterocycles. The molecule has 0 unspecified atom stereocenters. The lowest BCUT2D eigenvalue weighted by Crippen LogP contribution is -2.17. The molecule has 0 aromatic heterocycles. The van der Waals surface area contributed by atoms with E-state index < -0.39 is 0 Å². The number of carbonyl (C=O) groups excluding carboxylic acids is 1. The third kappa shape index (κ3) is 4.44. The van der Waals surface area contributed by atoms with E-state index in [1.54, 1.807) is 43.7 Å². The van der Waals surface area contributed by atoms with Crippen LogP contribution in [-0.2, 0) is 0 Å². The second kappa shape index (κ2) is 7.42. The molecule has 2 aromatic rings. The van der Waals surface area contributed by atoms with Gasteiger partial charge >= 0.3 is 0 Å². The summed E-state index contributed by atoms with van der Waals surface area (Å²) in [6.07, 6.45) is 1.56. The van der Waals surface area contributed by atoms with Crippen LogP contribution >= 0.6 is 34.2 Å². The number of benzene rings is 2. The number of nitrogens with zero attached hydrogens (tertiary/aromatic N) is 1. The fraction of sp³-hybridized carbons (Fsp3) is 0.0667. The maximum Gasteiger partial charge on any atom is 0.271 e. The SMILES string of the molecule is COc1ccc(C(=O)N/N=C\c2ccc(Cl)cc2)cc1I. The Hall–Kier alpha value is -1.60. The second-order valence-electron chi connectivity index (χ2n) is 4.10. The minimum absolute atomic E-state index is 0.277. The summed E-state index contributed by atoms with van der Waals surface area (Å²) < 4.78 is 6.01. The summed E-state index contributed by atoms with van der Waals surface area (Å²) in [7, 11) is 1.59. The van der Waals surface area contributed by atoms with Crippen LogP contribution in [0.4, 0.5) is 0 Å². The highest BCUT2D eigenvalue weighted by Crippen LogP contribution is 2.21. The molecule has 0 fully saturated rings. The third-order valence-corrected chi connectivity index (χ3v) is 3.76. The number of hydrogen-bond acceptors (Lipinski definition) is 3. The molecule has 0 aliphatic rings. The number of hydrazone groups is 1. The summed E-state index contributed by atoms with van der Waals surface area (Å²) in [4.78, 5) is 12.0. The molecule has 0 aliphatic heterocycles. The number of amides is 1. The van der Waals surface area contributed by atoms with Crippen molar-refractivity contribution >= 4 is 46.3 Å². The van der Waals surface area contributed by atoms with E-state index in [2.05, 4.69) is 33.1 Å². The number of rotatable bonds is 4. The number of methoxy groups -OCH3 is 1. The van der Waals surface area contributed by atoms with Gasteiger partial charge in [0.2, 0.25) is 0 Å². The molecular formula is C15H12ClIN2O2. The zero-order valence-corrected chi connectivity index (χ0v) is 14.1. The Morgan fingerprint density at radius 2 is 2.00 bits per heavy atom. The maximum absolute atomic E-state index is 12.0. The van der Waals surface area contributed by atoms with Crippen LogP contribution in [0.3, 0.4) is 0 Å². The average Bonchev–Trinajstić information content (AvgIpc) is 2.49. The van der Waals surface area contributed by atoms with Crippen LogP contribution in [-0.4, -0.2) is 19.2 Å². The maximum atomic E-state index is 12.0. The fourth-order valence-electron chi connectivity index (χ4n) is 1.59. The van der Waals surface area contributed by atoms with E-state index in [-0.39, 0.29) is 5.91 Å². The zero-order chi connectivity index (χ0) is 15.2. The van der Waals surface area contributed by atoms with Crippen molar-refractivity contribution in [3.05, 3.63) is 62.2 Å². The summed E-state index contributed by atoms with van der Waals surface area (Å²) in [5.74, 6) is 0.456. The first-order valence-electron chi connectivity index (χ1n) is 6.02. The lowest BCUT2D eigenvalue weighted by atomic mass is 10.2. The largest absolute Gasteiger partial charge is 0.496 e. The zero-order valence-electron chi connectivity index (χ0n) is 11.1. The van der Waals surface area contributed by atoms with Crippen LogP contribution < -0.4 is 10.2 Å². The lowest BCUT2D eigenvalue weighted by molar-refractivity contribution is 0.0955. The first-order valence-corrected chi connectivity index (χ1v) is 7.48. The van der Waals surface area contributed by atoms with Gasteiger partial charge in [-0.3, -0.25) is 4.79 Å². The summed E-state index contributed by atoms with van der Waals surface area (Å²) in [6, 6.07) is 12.3. The third-order valence-electron chi connectivity index (χ3n) is 2.66. The van der Waals surface area contributed by atoms with Crippen LogP contribution in [0, 0.1) is 3.57 Å². The van der Waals surface area contributed by atoms with E-state index in [4.69, 9.17) is 16.3 Å². The first-order chi connectivity index (χ1) is 10.1. The predicted molar refractivity (Wildman–Crippen MR) is 92.2 cm³/mol. The van der Waals surface area contributed by atoms with Crippen molar-refractivity contribution in [2.24, 2.45) is 5.10 Å². The Morgan fingerprint density at radius 1 is 1.29 bits per heavy atom. The molecule has 1 N–H and O–H groups in total. The number of halogens is 2. The highest BCUT2D eigenvalue weighted by atomic mass is 127. The summed E-state index contributed by atoms with van der Waals surface area (Å²) in [6.45, 7) is 0. The highest BCUT2D eigenvalue weighted by molar-refractivity contribution is 14.1. The molecule has 0 spiro atoms. The van der Waals surface area contributed by atoms with Gasteiger partial charge in [-0.15, -0.1) is 0 Å². The van der Waals surface area contributed by atoms with E-state index in [0.717, 1.165) is 14.9 Å². The molecule has 0 atom stereocenters. The Labute approximate surface area is 141 Å². The van der Waals surface area contributed by atoms with Crippen LogP contribution in [0.5, 0.6) is 5.75 Å². The topological polar surface area (TPSA) is 50.7 Å². The number of carbonyl (C=O) groups is 1. The molecule has 0 radical (unpaired) electrons. The van der Waals surface area contributed by atoms with Gasteiger partial charge in [0.05, 0.1) is 16.9 Å². The van der Waals surface area contributed by atoms with Crippen molar-refractivity contribution in [3.8, 4) is 5.75 Å². The Kier molecular flexibility index (Phi) is 5.58. The predicted octanol–water partition coefficient (Wildman–Crippen LogP) is 3.72. The molecule has 0 bridgehead atoms. The fourth-order valence-corrected chi connectivity index (χ4v) is 2.45. The molecule has 2 aromatic carbocycles. The van der Waals surface area contributed by atoms with Crippen molar-refractivity contribution < 1.29 is 9.53 Å². The minimum atomic E-state index is -0.277. The van der Waals surface area contributed by atoms with Crippen LogP contribution in [0.15, 0.2) is 47.6 Å². The molecule has 4 nitrogen and oxygen atoms in total. The van der Waals surface area contributed by atoms with Crippen LogP contribution in [0.25, 0.3) is 0 Å². The van der Waals surface area contributed by atoms with Crippen LogP contribution in [0.1, 0.15) is 15.9 Å². The molecule has 2 rings (SSSR count). The van der Waals surface area contributed by atoms with Gasteiger partial charge in [-0.1, -0.05) is 23.7 Å². The van der Waals surface area contributed by atoms with E-state index in [1.807, 2.05) is 12.1 Å². The number of nitrogens with one attached hydrogen (secondary N) is 1. The van der Waals surface area contributed by atoms with Gasteiger partial charge in [0, 0.05) is 10.6 Å². The number of ether oxygens (including phenoxy) is 1. The highest BCUT2D eigenvalue weighted by Gasteiger charge is 2.07. The molecular weight excluding hydrogens is 403 g/mol. The quantitative estimate of drug-likeness (QED) is 0.471. The first kappa shape index (κ1) is 15.8. The Balaban J connectivity index is 2.01. The summed E-state index contributed by atoms with van der Waals surface area (Å²) in [5, 5.41) is 4.57. The molecule has 1 amide bonds. The van der Waals surface area contributed by atoms with E-state index in [0.29, 0.717) is 10.6 Å². The van der Waals surface area contributed by atoms with Crippen molar-refractivity contribution in [3.63, 3.8) is 0 Å². The van der Waals surface area contributed by atoms with Gasteiger partial charge < -0.3 is 4.74 Å². The van der Waals surface area contributed by atoms with Gasteiger partial charge in [-0.25, -0.2) is 5.43 Å². The van der Waals surface area contributed by atoms with Crippen molar-refractivity contribution in [2.75, 3.05) is 7.11 Å². The normalized spacial score (nSPS) is 10.6. The van der Waals surface area contributed by atoms with Crippen molar-refractivity contribution in [2.45, 2.75) is 0 Å². The monoisotopic (exact) mass is 414 g/mol. The lowest BCUT2D eigenvalue weighted by Gasteiger charge is -2.05. The van der Waals surface area contributed by atoms with Gasteiger partial charge in [-0.05, 0) is 58.5 Å². The van der Waals surface area contributed by atoms with E-state index in [1.165, 1.54) is 0 Å².